The molecule has 2 aromatic heterocycles. The molecule has 144 valence electrons. The van der Waals surface area contributed by atoms with Gasteiger partial charge in [-0.3, -0.25) is 4.79 Å². The zero-order valence-electron chi connectivity index (χ0n) is 15.9. The molecule has 0 radical (unpaired) electrons. The van der Waals surface area contributed by atoms with Crippen LogP contribution in [0.2, 0.25) is 0 Å². The lowest BCUT2D eigenvalue weighted by Crippen LogP contribution is -2.52. The van der Waals surface area contributed by atoms with E-state index in [0.717, 1.165) is 58.7 Å². The number of aromatic nitrogens is 4. The van der Waals surface area contributed by atoms with E-state index in [0.29, 0.717) is 17.4 Å². The largest absolute Gasteiger partial charge is 0.365 e. The summed E-state index contributed by atoms with van der Waals surface area (Å²) in [5, 5.41) is 23.1. The SMILES string of the molecule is O=c1[nH]nc([C@H]2CC3(C[C@H](Nc4nncc5ccccc45)C3)C2)c2ccccc12. The van der Waals surface area contributed by atoms with Crippen molar-refractivity contribution in [1.29, 1.82) is 0 Å². The van der Waals surface area contributed by atoms with E-state index >= 15 is 0 Å². The minimum absolute atomic E-state index is 0.109. The first kappa shape index (κ1) is 16.7. The topological polar surface area (TPSA) is 83.6 Å². The van der Waals surface area contributed by atoms with Crippen LogP contribution in [0, 0.1) is 5.41 Å². The summed E-state index contributed by atoms with van der Waals surface area (Å²) in [4.78, 5) is 12.0. The average Bonchev–Trinajstić information content (AvgIpc) is 2.70. The van der Waals surface area contributed by atoms with Crippen molar-refractivity contribution in [3.05, 3.63) is 70.8 Å². The highest BCUT2D eigenvalue weighted by atomic mass is 16.1. The summed E-state index contributed by atoms with van der Waals surface area (Å²) in [6.07, 6.45) is 6.37. The van der Waals surface area contributed by atoms with Crippen molar-refractivity contribution in [3.8, 4) is 0 Å². The van der Waals surface area contributed by atoms with Gasteiger partial charge in [-0.2, -0.15) is 10.2 Å². The second-order valence-corrected chi connectivity index (χ2v) is 8.62. The van der Waals surface area contributed by atoms with Crippen LogP contribution in [-0.2, 0) is 0 Å². The van der Waals surface area contributed by atoms with Gasteiger partial charge >= 0.3 is 0 Å². The van der Waals surface area contributed by atoms with Crippen LogP contribution in [0.5, 0.6) is 0 Å². The number of hydrogen-bond donors (Lipinski definition) is 2. The van der Waals surface area contributed by atoms with Crippen LogP contribution in [0.3, 0.4) is 0 Å². The molecular weight excluding hydrogens is 362 g/mol. The average molecular weight is 383 g/mol. The quantitative estimate of drug-likeness (QED) is 0.559. The number of fused-ring (bicyclic) bond motifs is 2. The van der Waals surface area contributed by atoms with Crippen molar-refractivity contribution < 1.29 is 0 Å². The molecule has 6 heteroatoms. The Morgan fingerprint density at radius 2 is 1.66 bits per heavy atom. The van der Waals surface area contributed by atoms with Gasteiger partial charge in [0.1, 0.15) is 0 Å². The van der Waals surface area contributed by atoms with Crippen LogP contribution in [-0.4, -0.2) is 26.4 Å². The molecule has 0 unspecified atom stereocenters. The summed E-state index contributed by atoms with van der Waals surface area (Å²) < 4.78 is 0. The van der Waals surface area contributed by atoms with Crippen molar-refractivity contribution in [1.82, 2.24) is 20.4 Å². The van der Waals surface area contributed by atoms with Gasteiger partial charge in [0.15, 0.2) is 5.82 Å². The molecule has 2 saturated carbocycles. The first-order chi connectivity index (χ1) is 14.2. The van der Waals surface area contributed by atoms with Crippen LogP contribution in [0.15, 0.2) is 59.5 Å². The van der Waals surface area contributed by atoms with Crippen LogP contribution in [0.25, 0.3) is 21.5 Å². The molecule has 2 fully saturated rings. The maximum atomic E-state index is 12.0. The molecule has 0 amide bonds. The third-order valence-electron chi connectivity index (χ3n) is 6.74. The number of rotatable bonds is 3. The molecule has 29 heavy (non-hydrogen) atoms. The molecule has 1 spiro atoms. The molecule has 2 aromatic carbocycles. The number of aromatic amines is 1. The number of benzene rings is 2. The molecule has 2 heterocycles. The second kappa shape index (κ2) is 6.11. The highest BCUT2D eigenvalue weighted by molar-refractivity contribution is 5.91. The van der Waals surface area contributed by atoms with E-state index in [1.165, 1.54) is 0 Å². The zero-order valence-corrected chi connectivity index (χ0v) is 15.9. The van der Waals surface area contributed by atoms with E-state index in [2.05, 4.69) is 37.8 Å². The van der Waals surface area contributed by atoms with Crippen LogP contribution >= 0.6 is 0 Å². The van der Waals surface area contributed by atoms with Crippen molar-refractivity contribution >= 4 is 27.4 Å². The molecule has 2 N–H and O–H groups in total. The molecule has 6 nitrogen and oxygen atoms in total. The fourth-order valence-electron chi connectivity index (χ4n) is 5.37. The van der Waals surface area contributed by atoms with Gasteiger partial charge < -0.3 is 5.32 Å². The number of anilines is 1. The van der Waals surface area contributed by atoms with Crippen LogP contribution < -0.4 is 10.9 Å². The lowest BCUT2D eigenvalue weighted by molar-refractivity contribution is -0.00295. The van der Waals surface area contributed by atoms with Crippen molar-refractivity contribution in [2.24, 2.45) is 5.41 Å². The monoisotopic (exact) mass is 383 g/mol. The normalized spacial score (nSPS) is 25.7. The van der Waals surface area contributed by atoms with E-state index in [1.807, 2.05) is 36.4 Å². The Balaban J connectivity index is 1.16. The predicted molar refractivity (Wildman–Crippen MR) is 113 cm³/mol. The van der Waals surface area contributed by atoms with E-state index < -0.39 is 0 Å². The van der Waals surface area contributed by atoms with Crippen LogP contribution in [0.4, 0.5) is 5.82 Å². The summed E-state index contributed by atoms with van der Waals surface area (Å²) in [7, 11) is 0. The van der Waals surface area contributed by atoms with Gasteiger partial charge in [-0.05, 0) is 37.2 Å². The zero-order chi connectivity index (χ0) is 19.4. The first-order valence-corrected chi connectivity index (χ1v) is 10.2. The smallest absolute Gasteiger partial charge is 0.272 e. The molecule has 2 aliphatic rings. The highest BCUT2D eigenvalue weighted by Crippen LogP contribution is 2.62. The maximum absolute atomic E-state index is 12.0. The summed E-state index contributed by atoms with van der Waals surface area (Å²) in [6, 6.07) is 16.4. The number of nitrogens with one attached hydrogen (secondary N) is 2. The van der Waals surface area contributed by atoms with Gasteiger partial charge in [0.25, 0.3) is 5.56 Å². The summed E-state index contributed by atoms with van der Waals surface area (Å²) in [6.45, 7) is 0. The van der Waals surface area contributed by atoms with Gasteiger partial charge in [-0.25, -0.2) is 5.10 Å². The first-order valence-electron chi connectivity index (χ1n) is 10.2. The Hall–Kier alpha value is -3.28. The Kier molecular flexibility index (Phi) is 3.51. The van der Waals surface area contributed by atoms with Crippen molar-refractivity contribution in [3.63, 3.8) is 0 Å². The molecule has 2 aliphatic carbocycles. The van der Waals surface area contributed by atoms with Crippen LogP contribution in [0.1, 0.15) is 37.3 Å². The Morgan fingerprint density at radius 1 is 0.931 bits per heavy atom. The highest BCUT2D eigenvalue weighted by Gasteiger charge is 2.54. The summed E-state index contributed by atoms with van der Waals surface area (Å²) in [5.41, 5.74) is 1.34. The minimum atomic E-state index is -0.109. The van der Waals surface area contributed by atoms with E-state index in [9.17, 15) is 4.79 Å². The Labute approximate surface area is 167 Å². The number of H-pyrrole nitrogens is 1. The molecule has 0 saturated heterocycles. The Bertz CT molecular complexity index is 1280. The standard InChI is InChI=1S/C23H21N5O/c29-22-19-8-4-3-7-18(19)20(26-28-22)15-9-23(10-15)11-16(12-23)25-21-17-6-2-1-5-14(17)13-24-27-21/h1-8,13,15-16H,9-12H2,(H,25,27)(H,28,29)/t15-,16-,23?. The molecule has 0 bridgehead atoms. The molecule has 0 aliphatic heterocycles. The van der Waals surface area contributed by atoms with E-state index in [1.54, 1.807) is 6.20 Å². The lowest BCUT2D eigenvalue weighted by atomic mass is 9.49. The third-order valence-corrected chi connectivity index (χ3v) is 6.74. The number of nitrogens with zero attached hydrogens (tertiary/aromatic N) is 3. The second-order valence-electron chi connectivity index (χ2n) is 8.62. The predicted octanol–water partition coefficient (Wildman–Crippen LogP) is 4.00. The maximum Gasteiger partial charge on any atom is 0.272 e. The van der Waals surface area contributed by atoms with Gasteiger partial charge in [-0.15, -0.1) is 5.10 Å². The van der Waals surface area contributed by atoms with Gasteiger partial charge in [0.05, 0.1) is 17.3 Å². The Morgan fingerprint density at radius 3 is 2.48 bits per heavy atom. The molecular formula is C23H21N5O. The third kappa shape index (κ3) is 2.63. The lowest BCUT2D eigenvalue weighted by Gasteiger charge is -2.57. The minimum Gasteiger partial charge on any atom is -0.365 e. The van der Waals surface area contributed by atoms with E-state index in [4.69, 9.17) is 0 Å². The van der Waals surface area contributed by atoms with Gasteiger partial charge in [0, 0.05) is 28.1 Å². The van der Waals surface area contributed by atoms with Crippen molar-refractivity contribution in [2.45, 2.75) is 37.6 Å². The number of hydrogen-bond acceptors (Lipinski definition) is 5. The summed E-state index contributed by atoms with van der Waals surface area (Å²) in [5.74, 6) is 1.31. The van der Waals surface area contributed by atoms with Gasteiger partial charge in [0.2, 0.25) is 0 Å². The molecule has 4 aromatic rings. The fraction of sp³-hybridized carbons (Fsp3) is 0.304. The molecule has 6 rings (SSSR count). The summed E-state index contributed by atoms with van der Waals surface area (Å²) >= 11 is 0. The van der Waals surface area contributed by atoms with E-state index in [-0.39, 0.29) is 5.56 Å². The van der Waals surface area contributed by atoms with Crippen molar-refractivity contribution in [2.75, 3.05) is 5.32 Å². The molecule has 0 atom stereocenters. The fourth-order valence-corrected chi connectivity index (χ4v) is 5.37. The van der Waals surface area contributed by atoms with Gasteiger partial charge in [-0.1, -0.05) is 42.5 Å².